The molecule has 2 N–H and O–H groups in total. The molecule has 1 aromatic rings. The van der Waals surface area contributed by atoms with Crippen molar-refractivity contribution in [3.05, 3.63) is 35.4 Å². The summed E-state index contributed by atoms with van der Waals surface area (Å²) >= 11 is 0. The summed E-state index contributed by atoms with van der Waals surface area (Å²) in [6, 6.07) is 8.85. The van der Waals surface area contributed by atoms with Gasteiger partial charge in [0.2, 0.25) is 0 Å². The number of hydrogen-bond donors (Lipinski definition) is 1. The molecule has 2 nitrogen and oxygen atoms in total. The minimum Gasteiger partial charge on any atom is -0.381 e. The molecule has 2 rings (SSSR count). The number of ether oxygens (including phenoxy) is 1. The van der Waals surface area contributed by atoms with E-state index in [9.17, 15) is 0 Å². The average Bonchev–Trinajstić information content (AvgIpc) is 2.81. The Bertz CT molecular complexity index is 331. The first-order chi connectivity index (χ1) is 7.77. The second-order valence-electron chi connectivity index (χ2n) is 4.75. The number of benzene rings is 1. The summed E-state index contributed by atoms with van der Waals surface area (Å²) in [5.41, 5.74) is 9.00. The number of aryl methyl sites for hydroxylation is 2. The largest absolute Gasteiger partial charge is 0.381 e. The van der Waals surface area contributed by atoms with Crippen LogP contribution in [0.4, 0.5) is 0 Å². The van der Waals surface area contributed by atoms with Crippen molar-refractivity contribution in [2.75, 3.05) is 13.2 Å². The molecule has 16 heavy (non-hydrogen) atoms. The van der Waals surface area contributed by atoms with Gasteiger partial charge in [-0.05, 0) is 43.2 Å². The minimum atomic E-state index is 0.294. The van der Waals surface area contributed by atoms with Crippen molar-refractivity contribution in [3.8, 4) is 0 Å². The molecular weight excluding hydrogens is 198 g/mol. The molecule has 2 unspecified atom stereocenters. The van der Waals surface area contributed by atoms with Crippen LogP contribution < -0.4 is 5.73 Å². The molecule has 0 saturated carbocycles. The summed E-state index contributed by atoms with van der Waals surface area (Å²) in [5, 5.41) is 0. The molecule has 0 amide bonds. The first kappa shape index (κ1) is 11.6. The van der Waals surface area contributed by atoms with Crippen LogP contribution in [0, 0.1) is 12.8 Å². The van der Waals surface area contributed by atoms with E-state index >= 15 is 0 Å². The van der Waals surface area contributed by atoms with Gasteiger partial charge in [0.1, 0.15) is 0 Å². The van der Waals surface area contributed by atoms with Crippen LogP contribution in [0.15, 0.2) is 24.3 Å². The molecule has 2 atom stereocenters. The fourth-order valence-corrected chi connectivity index (χ4v) is 2.34. The summed E-state index contributed by atoms with van der Waals surface area (Å²) in [4.78, 5) is 0. The molecule has 0 aliphatic carbocycles. The maximum Gasteiger partial charge on any atom is 0.0509 e. The molecule has 1 aliphatic rings. The first-order valence-electron chi connectivity index (χ1n) is 6.15. The molecule has 0 bridgehead atoms. The van der Waals surface area contributed by atoms with E-state index in [0.29, 0.717) is 12.0 Å². The standard InChI is InChI=1S/C14H21NO/c1-11-4-2-3-5-12(11)6-7-14(15)13-8-9-16-10-13/h2-5,13-14H,6-10,15H2,1H3. The van der Waals surface area contributed by atoms with Gasteiger partial charge in [-0.15, -0.1) is 0 Å². The highest BCUT2D eigenvalue weighted by Gasteiger charge is 2.22. The average molecular weight is 219 g/mol. The van der Waals surface area contributed by atoms with Gasteiger partial charge in [0.25, 0.3) is 0 Å². The van der Waals surface area contributed by atoms with Gasteiger partial charge >= 0.3 is 0 Å². The van der Waals surface area contributed by atoms with Crippen molar-refractivity contribution < 1.29 is 4.74 Å². The van der Waals surface area contributed by atoms with Gasteiger partial charge in [0.15, 0.2) is 0 Å². The maximum absolute atomic E-state index is 6.20. The summed E-state index contributed by atoms with van der Waals surface area (Å²) in [5.74, 6) is 0.573. The van der Waals surface area contributed by atoms with Crippen molar-refractivity contribution in [1.29, 1.82) is 0 Å². The molecule has 1 saturated heterocycles. The molecular formula is C14H21NO. The van der Waals surface area contributed by atoms with Crippen LogP contribution in [0.2, 0.25) is 0 Å². The van der Waals surface area contributed by atoms with E-state index in [-0.39, 0.29) is 0 Å². The van der Waals surface area contributed by atoms with E-state index < -0.39 is 0 Å². The number of hydrogen-bond acceptors (Lipinski definition) is 2. The Morgan fingerprint density at radius 1 is 1.44 bits per heavy atom. The van der Waals surface area contributed by atoms with Crippen LogP contribution in [0.3, 0.4) is 0 Å². The Hall–Kier alpha value is -0.860. The highest BCUT2D eigenvalue weighted by Crippen LogP contribution is 2.19. The zero-order chi connectivity index (χ0) is 11.4. The van der Waals surface area contributed by atoms with E-state index in [4.69, 9.17) is 10.5 Å². The quantitative estimate of drug-likeness (QED) is 0.843. The minimum absolute atomic E-state index is 0.294. The second-order valence-corrected chi connectivity index (χ2v) is 4.75. The first-order valence-corrected chi connectivity index (χ1v) is 6.15. The lowest BCUT2D eigenvalue weighted by molar-refractivity contribution is 0.180. The van der Waals surface area contributed by atoms with Crippen molar-refractivity contribution >= 4 is 0 Å². The van der Waals surface area contributed by atoms with E-state index in [1.54, 1.807) is 0 Å². The van der Waals surface area contributed by atoms with Gasteiger partial charge in [0, 0.05) is 12.6 Å². The lowest BCUT2D eigenvalue weighted by Crippen LogP contribution is -2.30. The van der Waals surface area contributed by atoms with Crippen molar-refractivity contribution in [1.82, 2.24) is 0 Å². The smallest absolute Gasteiger partial charge is 0.0509 e. The Labute approximate surface area is 97.8 Å². The molecule has 0 aromatic heterocycles. The predicted octanol–water partition coefficient (Wildman–Crippen LogP) is 2.29. The summed E-state index contributed by atoms with van der Waals surface area (Å²) in [6.07, 6.45) is 3.29. The van der Waals surface area contributed by atoms with Gasteiger partial charge in [-0.1, -0.05) is 24.3 Å². The molecule has 0 radical (unpaired) electrons. The van der Waals surface area contributed by atoms with Crippen LogP contribution >= 0.6 is 0 Å². The monoisotopic (exact) mass is 219 g/mol. The lowest BCUT2D eigenvalue weighted by atomic mass is 9.93. The SMILES string of the molecule is Cc1ccccc1CCC(N)C1CCOC1. The van der Waals surface area contributed by atoms with Crippen LogP contribution in [0.5, 0.6) is 0 Å². The fraction of sp³-hybridized carbons (Fsp3) is 0.571. The van der Waals surface area contributed by atoms with Crippen LogP contribution in [0.25, 0.3) is 0 Å². The Morgan fingerprint density at radius 3 is 2.94 bits per heavy atom. The fourth-order valence-electron chi connectivity index (χ4n) is 2.34. The summed E-state index contributed by atoms with van der Waals surface area (Å²) < 4.78 is 5.37. The van der Waals surface area contributed by atoms with Gasteiger partial charge in [-0.3, -0.25) is 0 Å². The molecule has 2 heteroatoms. The molecule has 0 spiro atoms. The Morgan fingerprint density at radius 2 is 2.25 bits per heavy atom. The topological polar surface area (TPSA) is 35.2 Å². The van der Waals surface area contributed by atoms with Crippen LogP contribution in [-0.4, -0.2) is 19.3 Å². The third-order valence-electron chi connectivity index (χ3n) is 3.58. The van der Waals surface area contributed by atoms with Crippen LogP contribution in [0.1, 0.15) is 24.0 Å². The Balaban J connectivity index is 1.84. The second kappa shape index (κ2) is 5.46. The van der Waals surface area contributed by atoms with E-state index in [0.717, 1.165) is 32.5 Å². The molecule has 1 aromatic carbocycles. The highest BCUT2D eigenvalue weighted by molar-refractivity contribution is 5.25. The number of rotatable bonds is 4. The van der Waals surface area contributed by atoms with E-state index in [1.807, 2.05) is 0 Å². The van der Waals surface area contributed by atoms with Gasteiger partial charge < -0.3 is 10.5 Å². The third kappa shape index (κ3) is 2.83. The van der Waals surface area contributed by atoms with Crippen molar-refractivity contribution in [2.45, 2.75) is 32.2 Å². The molecule has 1 aliphatic heterocycles. The molecule has 1 heterocycles. The highest BCUT2D eigenvalue weighted by atomic mass is 16.5. The number of nitrogens with two attached hydrogens (primary N) is 1. The van der Waals surface area contributed by atoms with E-state index in [1.165, 1.54) is 11.1 Å². The predicted molar refractivity (Wildman–Crippen MR) is 66.4 cm³/mol. The van der Waals surface area contributed by atoms with Crippen molar-refractivity contribution in [3.63, 3.8) is 0 Å². The maximum atomic E-state index is 6.20. The summed E-state index contributed by atoms with van der Waals surface area (Å²) in [7, 11) is 0. The molecule has 1 fully saturated rings. The van der Waals surface area contributed by atoms with Crippen LogP contribution in [-0.2, 0) is 11.2 Å². The van der Waals surface area contributed by atoms with Gasteiger partial charge in [0.05, 0.1) is 6.61 Å². The van der Waals surface area contributed by atoms with Gasteiger partial charge in [-0.25, -0.2) is 0 Å². The van der Waals surface area contributed by atoms with Gasteiger partial charge in [-0.2, -0.15) is 0 Å². The third-order valence-corrected chi connectivity index (χ3v) is 3.58. The Kier molecular flexibility index (Phi) is 3.97. The summed E-state index contributed by atoms with van der Waals surface area (Å²) in [6.45, 7) is 3.91. The van der Waals surface area contributed by atoms with Crippen molar-refractivity contribution in [2.24, 2.45) is 11.7 Å². The lowest BCUT2D eigenvalue weighted by Gasteiger charge is -2.17. The zero-order valence-electron chi connectivity index (χ0n) is 9.99. The molecule has 88 valence electrons. The zero-order valence-corrected chi connectivity index (χ0v) is 9.99. The van der Waals surface area contributed by atoms with E-state index in [2.05, 4.69) is 31.2 Å². The normalized spacial score (nSPS) is 22.2.